The van der Waals surface area contributed by atoms with E-state index in [0.29, 0.717) is 11.6 Å². The van der Waals surface area contributed by atoms with Gasteiger partial charge in [0.1, 0.15) is 5.82 Å². The van der Waals surface area contributed by atoms with Crippen molar-refractivity contribution in [1.29, 1.82) is 0 Å². The van der Waals surface area contributed by atoms with Crippen molar-refractivity contribution in [1.82, 2.24) is 14.9 Å². The summed E-state index contributed by atoms with van der Waals surface area (Å²) < 4.78 is 2.16. The standard InChI is InChI=1S/C23H30N4O/c1-6-26(16(3)4)19-14-12-18(13-15-19)23(28)24-17(5)22-25-20-10-8-9-11-21(20)27(22)7-2/h8-17H,6-7H2,1-5H3,(H,24,28). The van der Waals surface area contributed by atoms with E-state index in [-0.39, 0.29) is 11.9 Å². The molecule has 1 aromatic heterocycles. The second-order valence-corrected chi connectivity index (χ2v) is 7.32. The van der Waals surface area contributed by atoms with Crippen LogP contribution in [-0.2, 0) is 6.54 Å². The topological polar surface area (TPSA) is 50.2 Å². The molecule has 2 aromatic carbocycles. The number of hydrogen-bond donors (Lipinski definition) is 1. The number of nitrogens with zero attached hydrogens (tertiary/aromatic N) is 3. The molecular formula is C23H30N4O. The predicted octanol–water partition coefficient (Wildman–Crippen LogP) is 4.78. The van der Waals surface area contributed by atoms with Crippen LogP contribution in [0.4, 0.5) is 5.69 Å². The molecule has 1 unspecified atom stereocenters. The summed E-state index contributed by atoms with van der Waals surface area (Å²) in [4.78, 5) is 19.8. The van der Waals surface area contributed by atoms with Gasteiger partial charge in [-0.3, -0.25) is 4.79 Å². The van der Waals surface area contributed by atoms with Gasteiger partial charge >= 0.3 is 0 Å². The van der Waals surface area contributed by atoms with Gasteiger partial charge in [-0.2, -0.15) is 0 Å². The van der Waals surface area contributed by atoms with Gasteiger partial charge in [0.15, 0.2) is 0 Å². The highest BCUT2D eigenvalue weighted by Crippen LogP contribution is 2.22. The Kier molecular flexibility index (Phi) is 6.02. The first-order valence-corrected chi connectivity index (χ1v) is 10.1. The van der Waals surface area contributed by atoms with E-state index in [2.05, 4.69) is 48.5 Å². The van der Waals surface area contributed by atoms with Crippen LogP contribution in [-0.4, -0.2) is 28.0 Å². The average molecular weight is 379 g/mol. The van der Waals surface area contributed by atoms with Gasteiger partial charge in [0.2, 0.25) is 0 Å². The van der Waals surface area contributed by atoms with Gasteiger partial charge in [0.25, 0.3) is 5.91 Å². The number of hydrogen-bond acceptors (Lipinski definition) is 3. The SMILES string of the molecule is CCN(c1ccc(C(=O)NC(C)c2nc3ccccc3n2CC)cc1)C(C)C. The number of amides is 1. The lowest BCUT2D eigenvalue weighted by atomic mass is 10.1. The second kappa shape index (κ2) is 8.46. The summed E-state index contributed by atoms with van der Waals surface area (Å²) in [5.74, 6) is 0.798. The van der Waals surface area contributed by atoms with Crippen LogP contribution in [0.25, 0.3) is 11.0 Å². The highest BCUT2D eigenvalue weighted by Gasteiger charge is 2.18. The number of aromatic nitrogens is 2. The number of benzene rings is 2. The molecule has 0 bridgehead atoms. The number of fused-ring (bicyclic) bond motifs is 1. The van der Waals surface area contributed by atoms with Crippen molar-refractivity contribution < 1.29 is 4.79 Å². The van der Waals surface area contributed by atoms with Crippen LogP contribution in [0.3, 0.4) is 0 Å². The minimum Gasteiger partial charge on any atom is -0.369 e. The fourth-order valence-corrected chi connectivity index (χ4v) is 3.75. The van der Waals surface area contributed by atoms with E-state index in [0.717, 1.165) is 35.6 Å². The zero-order valence-corrected chi connectivity index (χ0v) is 17.4. The van der Waals surface area contributed by atoms with Crippen molar-refractivity contribution >= 4 is 22.6 Å². The summed E-state index contributed by atoms with van der Waals surface area (Å²) in [5, 5.41) is 3.10. The van der Waals surface area contributed by atoms with E-state index in [1.54, 1.807) is 0 Å². The lowest BCUT2D eigenvalue weighted by Gasteiger charge is -2.27. The molecule has 1 N–H and O–H groups in total. The number of aryl methyl sites for hydroxylation is 1. The van der Waals surface area contributed by atoms with Crippen molar-refractivity contribution in [3.8, 4) is 0 Å². The van der Waals surface area contributed by atoms with Crippen LogP contribution < -0.4 is 10.2 Å². The summed E-state index contributed by atoms with van der Waals surface area (Å²) in [7, 11) is 0. The maximum atomic E-state index is 12.8. The third-order valence-corrected chi connectivity index (χ3v) is 5.16. The number of para-hydroxylation sites is 2. The predicted molar refractivity (Wildman–Crippen MR) is 116 cm³/mol. The van der Waals surface area contributed by atoms with Crippen molar-refractivity contribution in [2.45, 2.75) is 53.2 Å². The highest BCUT2D eigenvalue weighted by molar-refractivity contribution is 5.94. The van der Waals surface area contributed by atoms with Crippen LogP contribution in [0.15, 0.2) is 48.5 Å². The minimum absolute atomic E-state index is 0.0821. The van der Waals surface area contributed by atoms with E-state index in [4.69, 9.17) is 4.98 Å². The van der Waals surface area contributed by atoms with Gasteiger partial charge in [0.05, 0.1) is 17.1 Å². The molecule has 0 saturated heterocycles. The van der Waals surface area contributed by atoms with E-state index in [1.165, 1.54) is 0 Å². The molecule has 148 valence electrons. The summed E-state index contributed by atoms with van der Waals surface area (Å²) in [6.07, 6.45) is 0. The first-order valence-electron chi connectivity index (χ1n) is 10.1. The van der Waals surface area contributed by atoms with Crippen LogP contribution in [0, 0.1) is 0 Å². The molecule has 1 atom stereocenters. The van der Waals surface area contributed by atoms with Crippen LogP contribution in [0.5, 0.6) is 0 Å². The van der Waals surface area contributed by atoms with Crippen LogP contribution in [0.2, 0.25) is 0 Å². The van der Waals surface area contributed by atoms with E-state index >= 15 is 0 Å². The second-order valence-electron chi connectivity index (χ2n) is 7.32. The van der Waals surface area contributed by atoms with Crippen molar-refractivity contribution in [2.75, 3.05) is 11.4 Å². The Morgan fingerprint density at radius 1 is 1.07 bits per heavy atom. The Hall–Kier alpha value is -2.82. The molecule has 1 heterocycles. The van der Waals surface area contributed by atoms with Crippen LogP contribution in [0.1, 0.15) is 56.8 Å². The number of nitrogens with one attached hydrogen (secondary N) is 1. The molecule has 3 rings (SSSR count). The minimum atomic E-state index is -0.178. The molecule has 0 radical (unpaired) electrons. The van der Waals surface area contributed by atoms with Crippen LogP contribution >= 0.6 is 0 Å². The smallest absolute Gasteiger partial charge is 0.251 e. The first kappa shape index (κ1) is 19.9. The third-order valence-electron chi connectivity index (χ3n) is 5.16. The number of carbonyl (C=O) groups is 1. The molecule has 3 aromatic rings. The summed E-state index contributed by atoms with van der Waals surface area (Å²) in [6, 6.07) is 16.1. The Morgan fingerprint density at radius 3 is 2.36 bits per heavy atom. The third kappa shape index (κ3) is 3.88. The molecular weight excluding hydrogens is 348 g/mol. The Balaban J connectivity index is 1.78. The summed E-state index contributed by atoms with van der Waals surface area (Å²) >= 11 is 0. The van der Waals surface area contributed by atoms with E-state index in [1.807, 2.05) is 49.4 Å². The molecule has 0 spiro atoms. The molecule has 28 heavy (non-hydrogen) atoms. The van der Waals surface area contributed by atoms with Gasteiger partial charge in [-0.25, -0.2) is 4.98 Å². The molecule has 0 aliphatic heterocycles. The summed E-state index contributed by atoms with van der Waals surface area (Å²) in [6.45, 7) is 12.3. The Labute approximate surface area is 167 Å². The molecule has 0 aliphatic rings. The van der Waals surface area contributed by atoms with Crippen molar-refractivity contribution in [2.24, 2.45) is 0 Å². The number of imidazole rings is 1. The normalized spacial score (nSPS) is 12.4. The van der Waals surface area contributed by atoms with E-state index in [9.17, 15) is 4.79 Å². The van der Waals surface area contributed by atoms with Gasteiger partial charge in [-0.1, -0.05) is 12.1 Å². The van der Waals surface area contributed by atoms with Gasteiger partial charge in [-0.15, -0.1) is 0 Å². The average Bonchev–Trinajstić information content (AvgIpc) is 3.07. The zero-order valence-electron chi connectivity index (χ0n) is 17.4. The van der Waals surface area contributed by atoms with E-state index < -0.39 is 0 Å². The molecule has 1 amide bonds. The lowest BCUT2D eigenvalue weighted by molar-refractivity contribution is 0.0937. The van der Waals surface area contributed by atoms with Gasteiger partial charge in [-0.05, 0) is 71.0 Å². The fraction of sp³-hybridized carbons (Fsp3) is 0.391. The maximum absolute atomic E-state index is 12.8. The largest absolute Gasteiger partial charge is 0.369 e. The zero-order chi connectivity index (χ0) is 20.3. The molecule has 5 nitrogen and oxygen atoms in total. The number of anilines is 1. The monoisotopic (exact) mass is 378 g/mol. The van der Waals surface area contributed by atoms with Crippen molar-refractivity contribution in [3.05, 3.63) is 59.9 Å². The molecule has 5 heteroatoms. The van der Waals surface area contributed by atoms with Gasteiger partial charge < -0.3 is 14.8 Å². The van der Waals surface area contributed by atoms with Crippen molar-refractivity contribution in [3.63, 3.8) is 0 Å². The van der Waals surface area contributed by atoms with Gasteiger partial charge in [0, 0.05) is 30.4 Å². The highest BCUT2D eigenvalue weighted by atomic mass is 16.1. The summed E-state index contributed by atoms with van der Waals surface area (Å²) in [5.41, 5.74) is 3.85. The maximum Gasteiger partial charge on any atom is 0.251 e. The molecule has 0 saturated carbocycles. The molecule has 0 fully saturated rings. The fourth-order valence-electron chi connectivity index (χ4n) is 3.75. The first-order chi connectivity index (χ1) is 13.5. The Morgan fingerprint density at radius 2 is 1.75 bits per heavy atom. The molecule has 0 aliphatic carbocycles. The number of carbonyl (C=O) groups excluding carboxylic acids is 1. The quantitative estimate of drug-likeness (QED) is 0.643. The lowest BCUT2D eigenvalue weighted by Crippen LogP contribution is -2.31. The number of rotatable bonds is 7. The Bertz CT molecular complexity index is 943.